The van der Waals surface area contributed by atoms with Gasteiger partial charge in [0.15, 0.2) is 11.2 Å². The first-order chi connectivity index (χ1) is 14.6. The van der Waals surface area contributed by atoms with Gasteiger partial charge < -0.3 is 4.57 Å². The quantitative estimate of drug-likeness (QED) is 0.438. The summed E-state index contributed by atoms with van der Waals surface area (Å²) in [6, 6.07) is 19.5. The molecule has 0 saturated carbocycles. The summed E-state index contributed by atoms with van der Waals surface area (Å²) in [6.45, 7) is 2.50. The van der Waals surface area contributed by atoms with Crippen molar-refractivity contribution in [2.24, 2.45) is 0 Å². The molecule has 3 heterocycles. The average molecular weight is 416 g/mol. The molecule has 0 aliphatic rings. The van der Waals surface area contributed by atoms with Crippen LogP contribution in [0.2, 0.25) is 5.02 Å². The standard InChI is InChI=1S/C23H18ClN5O/c1-15-20(17-7-9-18(24)10-8-17)22-26-25-21-19(29(22)27-15)12-14-28(23(21)30)13-11-16-5-3-2-4-6-16/h2-10,12,14H,11,13H2,1H3. The first-order valence-corrected chi connectivity index (χ1v) is 10.0. The zero-order valence-corrected chi connectivity index (χ0v) is 17.0. The Morgan fingerprint density at radius 2 is 1.73 bits per heavy atom. The zero-order chi connectivity index (χ0) is 20.7. The molecule has 5 aromatic rings. The molecule has 0 atom stereocenters. The van der Waals surface area contributed by atoms with E-state index in [-0.39, 0.29) is 5.56 Å². The van der Waals surface area contributed by atoms with Crippen molar-refractivity contribution < 1.29 is 0 Å². The second-order valence-electron chi connectivity index (χ2n) is 7.19. The first-order valence-electron chi connectivity index (χ1n) is 9.67. The average Bonchev–Trinajstić information content (AvgIpc) is 3.11. The van der Waals surface area contributed by atoms with Gasteiger partial charge in [0, 0.05) is 17.8 Å². The van der Waals surface area contributed by atoms with Gasteiger partial charge in [-0.15, -0.1) is 10.2 Å². The molecule has 3 aromatic heterocycles. The Labute approximate surface area is 177 Å². The number of halogens is 1. The second kappa shape index (κ2) is 7.39. The lowest BCUT2D eigenvalue weighted by atomic mass is 10.1. The smallest absolute Gasteiger partial charge is 0.280 e. The Bertz CT molecular complexity index is 1420. The molecule has 0 N–H and O–H groups in total. The van der Waals surface area contributed by atoms with E-state index in [1.165, 1.54) is 5.56 Å². The third kappa shape index (κ3) is 3.15. The lowest BCUT2D eigenvalue weighted by Crippen LogP contribution is -2.22. The van der Waals surface area contributed by atoms with Crippen LogP contribution in [0.3, 0.4) is 0 Å². The number of hydrogen-bond donors (Lipinski definition) is 0. The number of hydrogen-bond acceptors (Lipinski definition) is 4. The van der Waals surface area contributed by atoms with Crippen molar-refractivity contribution in [3.8, 4) is 11.1 Å². The molecule has 0 aliphatic carbocycles. The van der Waals surface area contributed by atoms with Crippen molar-refractivity contribution >= 4 is 28.3 Å². The van der Waals surface area contributed by atoms with Crippen LogP contribution in [0.1, 0.15) is 11.3 Å². The normalized spacial score (nSPS) is 11.4. The minimum Gasteiger partial charge on any atom is -0.313 e. The van der Waals surface area contributed by atoms with Crippen molar-refractivity contribution in [3.05, 3.63) is 93.5 Å². The molecule has 0 bridgehead atoms. The highest BCUT2D eigenvalue weighted by Crippen LogP contribution is 2.28. The summed E-state index contributed by atoms with van der Waals surface area (Å²) in [6.07, 6.45) is 2.57. The van der Waals surface area contributed by atoms with E-state index in [0.29, 0.717) is 28.2 Å². The predicted octanol–water partition coefficient (Wildman–Crippen LogP) is 4.31. The van der Waals surface area contributed by atoms with E-state index >= 15 is 0 Å². The number of aromatic nitrogens is 5. The highest BCUT2D eigenvalue weighted by molar-refractivity contribution is 6.30. The van der Waals surface area contributed by atoms with Crippen LogP contribution in [0.15, 0.2) is 71.7 Å². The summed E-state index contributed by atoms with van der Waals surface area (Å²) in [5, 5.41) is 13.9. The molecule has 148 valence electrons. The Hall–Kier alpha value is -3.51. The topological polar surface area (TPSA) is 65.1 Å². The molecule has 6 nitrogen and oxygen atoms in total. The fourth-order valence-electron chi connectivity index (χ4n) is 3.72. The Morgan fingerprint density at radius 3 is 2.50 bits per heavy atom. The van der Waals surface area contributed by atoms with E-state index in [0.717, 1.165) is 23.2 Å². The number of pyridine rings is 1. The van der Waals surface area contributed by atoms with Crippen LogP contribution in [0.4, 0.5) is 0 Å². The number of fused-ring (bicyclic) bond motifs is 3. The molecular weight excluding hydrogens is 398 g/mol. The summed E-state index contributed by atoms with van der Waals surface area (Å²) < 4.78 is 3.37. The van der Waals surface area contributed by atoms with Gasteiger partial charge in [-0.1, -0.05) is 54.1 Å². The largest absolute Gasteiger partial charge is 0.313 e. The maximum atomic E-state index is 13.0. The molecule has 0 aliphatic heterocycles. The minimum absolute atomic E-state index is 0.168. The molecule has 0 spiro atoms. The van der Waals surface area contributed by atoms with Crippen LogP contribution < -0.4 is 5.56 Å². The summed E-state index contributed by atoms with van der Waals surface area (Å²) in [7, 11) is 0. The van der Waals surface area contributed by atoms with E-state index in [2.05, 4.69) is 27.4 Å². The SMILES string of the molecule is Cc1nn2c(nnc3c(=O)n(CCc4ccccc4)ccc32)c1-c1ccc(Cl)cc1. The van der Waals surface area contributed by atoms with Gasteiger partial charge >= 0.3 is 0 Å². The van der Waals surface area contributed by atoms with Crippen LogP contribution in [0.25, 0.3) is 27.8 Å². The first kappa shape index (κ1) is 18.5. The maximum absolute atomic E-state index is 13.0. The summed E-state index contributed by atoms with van der Waals surface area (Å²) in [5.41, 5.74) is 5.23. The third-order valence-corrected chi connectivity index (χ3v) is 5.50. The van der Waals surface area contributed by atoms with Crippen LogP contribution in [-0.2, 0) is 13.0 Å². The molecule has 7 heteroatoms. The second-order valence-corrected chi connectivity index (χ2v) is 7.62. The molecular formula is C23H18ClN5O. The van der Waals surface area contributed by atoms with Crippen molar-refractivity contribution in [2.75, 3.05) is 0 Å². The van der Waals surface area contributed by atoms with Crippen molar-refractivity contribution in [3.63, 3.8) is 0 Å². The Morgan fingerprint density at radius 1 is 0.967 bits per heavy atom. The van der Waals surface area contributed by atoms with Crippen LogP contribution >= 0.6 is 11.6 Å². The zero-order valence-electron chi connectivity index (χ0n) is 16.3. The van der Waals surface area contributed by atoms with Gasteiger partial charge in [-0.2, -0.15) is 5.10 Å². The lowest BCUT2D eigenvalue weighted by Gasteiger charge is -2.07. The third-order valence-electron chi connectivity index (χ3n) is 5.24. The van der Waals surface area contributed by atoms with Crippen molar-refractivity contribution in [1.82, 2.24) is 24.4 Å². The van der Waals surface area contributed by atoms with Gasteiger partial charge in [0.1, 0.15) is 5.52 Å². The summed E-state index contributed by atoms with van der Waals surface area (Å²) in [5.74, 6) is 0. The van der Waals surface area contributed by atoms with Crippen LogP contribution in [0.5, 0.6) is 0 Å². The number of rotatable bonds is 4. The van der Waals surface area contributed by atoms with E-state index in [1.807, 2.05) is 55.5 Å². The van der Waals surface area contributed by atoms with E-state index in [1.54, 1.807) is 15.3 Å². The molecule has 5 rings (SSSR count). The van der Waals surface area contributed by atoms with Gasteiger partial charge in [0.25, 0.3) is 5.56 Å². The van der Waals surface area contributed by atoms with Gasteiger partial charge in [0.2, 0.25) is 0 Å². The molecule has 0 saturated heterocycles. The highest BCUT2D eigenvalue weighted by Gasteiger charge is 2.17. The fraction of sp³-hybridized carbons (Fsp3) is 0.130. The van der Waals surface area contributed by atoms with Crippen molar-refractivity contribution in [1.29, 1.82) is 0 Å². The highest BCUT2D eigenvalue weighted by atomic mass is 35.5. The lowest BCUT2D eigenvalue weighted by molar-refractivity contribution is 0.672. The molecule has 2 aromatic carbocycles. The van der Waals surface area contributed by atoms with Crippen LogP contribution in [0, 0.1) is 6.92 Å². The molecule has 0 unspecified atom stereocenters. The summed E-state index contributed by atoms with van der Waals surface area (Å²) >= 11 is 6.02. The van der Waals surface area contributed by atoms with Gasteiger partial charge in [-0.3, -0.25) is 4.79 Å². The fourth-order valence-corrected chi connectivity index (χ4v) is 3.84. The molecule has 0 amide bonds. The Kier molecular flexibility index (Phi) is 4.56. The summed E-state index contributed by atoms with van der Waals surface area (Å²) in [4.78, 5) is 13.0. The number of aryl methyl sites for hydroxylation is 3. The van der Waals surface area contributed by atoms with E-state index in [9.17, 15) is 4.79 Å². The number of nitrogens with zero attached hydrogens (tertiary/aromatic N) is 5. The van der Waals surface area contributed by atoms with E-state index < -0.39 is 0 Å². The van der Waals surface area contributed by atoms with Crippen molar-refractivity contribution in [2.45, 2.75) is 19.9 Å². The monoisotopic (exact) mass is 415 g/mol. The maximum Gasteiger partial charge on any atom is 0.280 e. The molecule has 30 heavy (non-hydrogen) atoms. The van der Waals surface area contributed by atoms with E-state index in [4.69, 9.17) is 11.6 Å². The van der Waals surface area contributed by atoms with Gasteiger partial charge in [-0.05, 0) is 42.7 Å². The minimum atomic E-state index is -0.168. The predicted molar refractivity (Wildman–Crippen MR) is 118 cm³/mol. The number of benzene rings is 2. The van der Waals surface area contributed by atoms with Crippen LogP contribution in [-0.4, -0.2) is 24.4 Å². The van der Waals surface area contributed by atoms with Gasteiger partial charge in [0.05, 0.1) is 11.3 Å². The molecule has 0 radical (unpaired) electrons. The Balaban J connectivity index is 1.59. The molecule has 0 fully saturated rings. The van der Waals surface area contributed by atoms with Gasteiger partial charge in [-0.25, -0.2) is 4.52 Å².